The molecule has 3 rings (SSSR count). The molecule has 0 fully saturated rings. The summed E-state index contributed by atoms with van der Waals surface area (Å²) in [5.41, 5.74) is 1.74. The maximum atomic E-state index is 6.20. The monoisotopic (exact) mass is 369 g/mol. The Morgan fingerprint density at radius 2 is 2.17 bits per heavy atom. The zero-order valence-corrected chi connectivity index (χ0v) is 14.5. The lowest BCUT2D eigenvalue weighted by Gasteiger charge is -2.05. The van der Waals surface area contributed by atoms with Gasteiger partial charge in [-0.1, -0.05) is 29.3 Å². The van der Waals surface area contributed by atoms with Gasteiger partial charge < -0.3 is 4.74 Å². The number of halogens is 2. The van der Waals surface area contributed by atoms with Crippen LogP contribution in [0.15, 0.2) is 30.6 Å². The van der Waals surface area contributed by atoms with Crippen LogP contribution < -0.4 is 0 Å². The highest BCUT2D eigenvalue weighted by Gasteiger charge is 2.11. The average Bonchev–Trinajstić information content (AvgIpc) is 3.09. The molecule has 0 saturated heterocycles. The average molecular weight is 370 g/mol. The van der Waals surface area contributed by atoms with Crippen LogP contribution in [0.4, 0.5) is 0 Å². The summed E-state index contributed by atoms with van der Waals surface area (Å²) in [6.45, 7) is 0.877. The van der Waals surface area contributed by atoms with E-state index < -0.39 is 0 Å². The predicted molar refractivity (Wildman–Crippen MR) is 90.8 cm³/mol. The van der Waals surface area contributed by atoms with Crippen LogP contribution in [0.5, 0.6) is 0 Å². The maximum Gasteiger partial charge on any atom is 0.200 e. The molecular formula is C14H13Cl2N5OS. The van der Waals surface area contributed by atoms with E-state index in [0.717, 1.165) is 11.3 Å². The van der Waals surface area contributed by atoms with Crippen LogP contribution in [-0.4, -0.2) is 31.7 Å². The normalized spacial score (nSPS) is 11.1. The van der Waals surface area contributed by atoms with Gasteiger partial charge in [-0.2, -0.15) is 10.2 Å². The van der Waals surface area contributed by atoms with Gasteiger partial charge in [-0.25, -0.2) is 0 Å². The summed E-state index contributed by atoms with van der Waals surface area (Å²) < 4.78 is 9.17. The number of hydrogen-bond acceptors (Lipinski definition) is 4. The van der Waals surface area contributed by atoms with Gasteiger partial charge in [-0.15, -0.1) is 0 Å². The topological polar surface area (TPSA) is 60.7 Å². The zero-order valence-electron chi connectivity index (χ0n) is 12.2. The van der Waals surface area contributed by atoms with Crippen LogP contribution in [0.25, 0.3) is 5.69 Å². The van der Waals surface area contributed by atoms with Crippen LogP contribution in [-0.2, 0) is 17.9 Å². The standard InChI is InChI=1S/C14H13Cl2N5OS/c1-22-8-13-18-19-14(23)21(13)11-5-17-20(7-11)6-9-2-3-10(15)4-12(9)16/h2-5,7H,6,8H2,1H3,(H,19,23). The highest BCUT2D eigenvalue weighted by molar-refractivity contribution is 7.71. The number of nitrogens with one attached hydrogen (secondary N) is 1. The van der Waals surface area contributed by atoms with E-state index in [1.165, 1.54) is 0 Å². The fourth-order valence-corrected chi connectivity index (χ4v) is 2.93. The number of aromatic nitrogens is 5. The summed E-state index contributed by atoms with van der Waals surface area (Å²) in [5, 5.41) is 12.5. The van der Waals surface area contributed by atoms with E-state index in [-0.39, 0.29) is 0 Å². The molecule has 2 aromatic heterocycles. The molecule has 0 amide bonds. The van der Waals surface area contributed by atoms with Crippen molar-refractivity contribution >= 4 is 35.4 Å². The highest BCUT2D eigenvalue weighted by atomic mass is 35.5. The Hall–Kier alpha value is -1.67. The molecule has 3 aromatic rings. The summed E-state index contributed by atoms with van der Waals surface area (Å²) in [7, 11) is 1.61. The molecule has 1 aromatic carbocycles. The molecule has 0 spiro atoms. The first-order chi connectivity index (χ1) is 11.1. The lowest BCUT2D eigenvalue weighted by atomic mass is 10.2. The van der Waals surface area contributed by atoms with Crippen molar-refractivity contribution in [3.05, 3.63) is 56.8 Å². The van der Waals surface area contributed by atoms with E-state index in [9.17, 15) is 0 Å². The molecule has 0 aliphatic rings. The smallest absolute Gasteiger partial charge is 0.200 e. The zero-order chi connectivity index (χ0) is 16.4. The Balaban J connectivity index is 1.89. The van der Waals surface area contributed by atoms with Crippen LogP contribution in [0.2, 0.25) is 10.0 Å². The number of H-pyrrole nitrogens is 1. The molecular weight excluding hydrogens is 357 g/mol. The van der Waals surface area contributed by atoms with E-state index in [4.69, 9.17) is 40.2 Å². The molecule has 1 N–H and O–H groups in total. The summed E-state index contributed by atoms with van der Waals surface area (Å²) >= 11 is 17.4. The molecule has 9 heteroatoms. The third-order valence-corrected chi connectivity index (χ3v) is 4.10. The van der Waals surface area contributed by atoms with Crippen molar-refractivity contribution in [3.8, 4) is 5.69 Å². The maximum absolute atomic E-state index is 6.20. The second kappa shape index (κ2) is 6.84. The number of benzene rings is 1. The Morgan fingerprint density at radius 1 is 1.35 bits per heavy atom. The van der Waals surface area contributed by atoms with Gasteiger partial charge in [0.15, 0.2) is 10.6 Å². The van der Waals surface area contributed by atoms with Gasteiger partial charge in [0.2, 0.25) is 0 Å². The van der Waals surface area contributed by atoms with Gasteiger partial charge in [-0.3, -0.25) is 14.3 Å². The number of aromatic amines is 1. The van der Waals surface area contributed by atoms with Crippen molar-refractivity contribution in [2.45, 2.75) is 13.2 Å². The second-order valence-electron chi connectivity index (χ2n) is 4.85. The van der Waals surface area contributed by atoms with E-state index in [2.05, 4.69) is 15.3 Å². The van der Waals surface area contributed by atoms with Crippen molar-refractivity contribution in [1.29, 1.82) is 0 Å². The fraction of sp³-hybridized carbons (Fsp3) is 0.214. The molecule has 0 aliphatic heterocycles. The molecule has 0 radical (unpaired) electrons. The van der Waals surface area contributed by atoms with Gasteiger partial charge in [0.05, 0.1) is 18.4 Å². The number of methoxy groups -OCH3 is 1. The molecule has 120 valence electrons. The van der Waals surface area contributed by atoms with E-state index >= 15 is 0 Å². The molecule has 0 unspecified atom stereocenters. The Bertz CT molecular complexity index is 885. The lowest BCUT2D eigenvalue weighted by Crippen LogP contribution is -2.03. The number of ether oxygens (including phenoxy) is 1. The van der Waals surface area contributed by atoms with Crippen molar-refractivity contribution in [3.63, 3.8) is 0 Å². The summed E-state index contributed by atoms with van der Waals surface area (Å²) in [4.78, 5) is 0. The SMILES string of the molecule is COCc1n[nH]c(=S)n1-c1cnn(Cc2ccc(Cl)cc2Cl)c1. The third kappa shape index (κ3) is 3.48. The molecule has 6 nitrogen and oxygen atoms in total. The van der Waals surface area contributed by atoms with E-state index in [1.54, 1.807) is 34.7 Å². The van der Waals surface area contributed by atoms with Gasteiger partial charge in [0.1, 0.15) is 6.61 Å². The molecule has 23 heavy (non-hydrogen) atoms. The van der Waals surface area contributed by atoms with E-state index in [1.807, 2.05) is 12.3 Å². The Labute approximate surface area is 147 Å². The Kier molecular flexibility index (Phi) is 4.82. The predicted octanol–water partition coefficient (Wildman–Crippen LogP) is 3.63. The quantitative estimate of drug-likeness (QED) is 0.697. The molecule has 0 atom stereocenters. The third-order valence-electron chi connectivity index (χ3n) is 3.24. The minimum atomic E-state index is 0.349. The number of nitrogens with zero attached hydrogens (tertiary/aromatic N) is 4. The minimum absolute atomic E-state index is 0.349. The fourth-order valence-electron chi connectivity index (χ4n) is 2.20. The van der Waals surface area contributed by atoms with Crippen LogP contribution in [0.3, 0.4) is 0 Å². The lowest BCUT2D eigenvalue weighted by molar-refractivity contribution is 0.176. The van der Waals surface area contributed by atoms with Gasteiger partial charge in [0, 0.05) is 23.4 Å². The van der Waals surface area contributed by atoms with Gasteiger partial charge in [-0.05, 0) is 29.9 Å². The minimum Gasteiger partial charge on any atom is -0.377 e. The van der Waals surface area contributed by atoms with Crippen molar-refractivity contribution in [1.82, 2.24) is 24.5 Å². The second-order valence-corrected chi connectivity index (χ2v) is 6.08. The van der Waals surface area contributed by atoms with Gasteiger partial charge in [0.25, 0.3) is 0 Å². The summed E-state index contributed by atoms with van der Waals surface area (Å²) in [6, 6.07) is 5.40. The summed E-state index contributed by atoms with van der Waals surface area (Å²) in [5.74, 6) is 0.682. The molecule has 2 heterocycles. The van der Waals surface area contributed by atoms with Crippen LogP contribution >= 0.6 is 35.4 Å². The number of hydrogen-bond donors (Lipinski definition) is 1. The first-order valence-electron chi connectivity index (χ1n) is 6.70. The molecule has 0 aliphatic carbocycles. The van der Waals surface area contributed by atoms with Crippen molar-refractivity contribution < 1.29 is 4.74 Å². The number of rotatable bonds is 5. The largest absolute Gasteiger partial charge is 0.377 e. The summed E-state index contributed by atoms with van der Waals surface area (Å²) in [6.07, 6.45) is 3.59. The van der Waals surface area contributed by atoms with Gasteiger partial charge >= 0.3 is 0 Å². The molecule has 0 saturated carbocycles. The van der Waals surface area contributed by atoms with E-state index in [0.29, 0.717) is 33.8 Å². The first kappa shape index (κ1) is 16.2. The Morgan fingerprint density at radius 3 is 2.91 bits per heavy atom. The van der Waals surface area contributed by atoms with Crippen LogP contribution in [0, 0.1) is 4.77 Å². The first-order valence-corrected chi connectivity index (χ1v) is 7.87. The van der Waals surface area contributed by atoms with Crippen molar-refractivity contribution in [2.24, 2.45) is 0 Å². The van der Waals surface area contributed by atoms with Crippen LogP contribution in [0.1, 0.15) is 11.4 Å². The van der Waals surface area contributed by atoms with Crippen molar-refractivity contribution in [2.75, 3.05) is 7.11 Å². The highest BCUT2D eigenvalue weighted by Crippen LogP contribution is 2.22. The molecule has 0 bridgehead atoms.